The molecule has 170 valence electrons. The number of hydrogen-bond acceptors (Lipinski definition) is 5. The zero-order chi connectivity index (χ0) is 23.2. The SMILES string of the molecule is CC[C@H](NC(=O)[C@H](CC)N(c1ccc(OC)cc1)S(C)(=O)=O)c1ccc(OC)c(C)c1. The molecule has 0 aliphatic heterocycles. The van der Waals surface area contributed by atoms with Crippen molar-refractivity contribution in [2.45, 2.75) is 45.7 Å². The molecule has 0 aliphatic carbocycles. The van der Waals surface area contributed by atoms with Crippen molar-refractivity contribution in [1.29, 1.82) is 0 Å². The maximum absolute atomic E-state index is 13.2. The van der Waals surface area contributed by atoms with Gasteiger partial charge in [-0.05, 0) is 61.2 Å². The third-order valence-corrected chi connectivity index (χ3v) is 6.38. The Morgan fingerprint density at radius 2 is 1.68 bits per heavy atom. The van der Waals surface area contributed by atoms with Crippen LogP contribution in [0.4, 0.5) is 5.69 Å². The third-order valence-electron chi connectivity index (χ3n) is 5.20. The van der Waals surface area contributed by atoms with Crippen LogP contribution in [0, 0.1) is 6.92 Å². The van der Waals surface area contributed by atoms with Gasteiger partial charge < -0.3 is 14.8 Å². The van der Waals surface area contributed by atoms with Crippen LogP contribution in [0.2, 0.25) is 0 Å². The summed E-state index contributed by atoms with van der Waals surface area (Å²) in [5.74, 6) is 1.04. The average Bonchev–Trinajstić information content (AvgIpc) is 2.74. The van der Waals surface area contributed by atoms with E-state index in [9.17, 15) is 13.2 Å². The Hall–Kier alpha value is -2.74. The number of hydrogen-bond donors (Lipinski definition) is 1. The summed E-state index contributed by atoms with van der Waals surface area (Å²) in [6.45, 7) is 5.72. The van der Waals surface area contributed by atoms with Crippen LogP contribution < -0.4 is 19.1 Å². The zero-order valence-corrected chi connectivity index (χ0v) is 19.8. The monoisotopic (exact) mass is 448 g/mol. The second-order valence-electron chi connectivity index (χ2n) is 7.38. The molecule has 2 aromatic rings. The Bertz CT molecular complexity index is 990. The number of carbonyl (C=O) groups excluding carboxylic acids is 1. The quantitative estimate of drug-likeness (QED) is 0.597. The standard InChI is InChI=1S/C23H32N2O5S/c1-7-20(17-9-14-22(30-5)16(3)15-17)24-23(26)21(8-2)25(31(6,27)28)18-10-12-19(29-4)13-11-18/h9-15,20-21H,7-8H2,1-6H3,(H,24,26)/t20-,21-/m0/s1. The van der Waals surface area contributed by atoms with Gasteiger partial charge in [-0.25, -0.2) is 8.42 Å². The van der Waals surface area contributed by atoms with Crippen LogP contribution in [-0.4, -0.2) is 40.8 Å². The van der Waals surface area contributed by atoms with Gasteiger partial charge in [0, 0.05) is 0 Å². The van der Waals surface area contributed by atoms with E-state index in [-0.39, 0.29) is 11.9 Å². The minimum Gasteiger partial charge on any atom is -0.497 e. The van der Waals surface area contributed by atoms with E-state index in [1.807, 2.05) is 32.0 Å². The van der Waals surface area contributed by atoms with Gasteiger partial charge in [0.05, 0.1) is 32.2 Å². The Kier molecular flexibility index (Phi) is 8.33. The van der Waals surface area contributed by atoms with Crippen molar-refractivity contribution in [2.75, 3.05) is 24.8 Å². The first kappa shape index (κ1) is 24.5. The summed E-state index contributed by atoms with van der Waals surface area (Å²) in [6, 6.07) is 11.3. The number of rotatable bonds is 10. The number of nitrogens with one attached hydrogen (secondary N) is 1. The zero-order valence-electron chi connectivity index (χ0n) is 19.0. The summed E-state index contributed by atoms with van der Waals surface area (Å²) in [7, 11) is -0.546. The molecule has 0 radical (unpaired) electrons. The number of methoxy groups -OCH3 is 2. The average molecular weight is 449 g/mol. The van der Waals surface area contributed by atoms with E-state index in [1.54, 1.807) is 38.3 Å². The largest absolute Gasteiger partial charge is 0.497 e. The van der Waals surface area contributed by atoms with Crippen molar-refractivity contribution < 1.29 is 22.7 Å². The molecule has 0 fully saturated rings. The van der Waals surface area contributed by atoms with Gasteiger partial charge in [0.2, 0.25) is 15.9 Å². The van der Waals surface area contributed by atoms with E-state index in [0.717, 1.165) is 23.1 Å². The molecule has 8 heteroatoms. The molecule has 1 amide bonds. The number of carbonyl (C=O) groups is 1. The molecule has 7 nitrogen and oxygen atoms in total. The highest BCUT2D eigenvalue weighted by Crippen LogP contribution is 2.27. The van der Waals surface area contributed by atoms with Crippen molar-refractivity contribution >= 4 is 21.6 Å². The second-order valence-corrected chi connectivity index (χ2v) is 9.24. The number of sulfonamides is 1. The van der Waals surface area contributed by atoms with Gasteiger partial charge in [-0.3, -0.25) is 9.10 Å². The highest BCUT2D eigenvalue weighted by molar-refractivity contribution is 7.92. The van der Waals surface area contributed by atoms with E-state index in [2.05, 4.69) is 5.32 Å². The van der Waals surface area contributed by atoms with E-state index in [4.69, 9.17) is 9.47 Å². The topological polar surface area (TPSA) is 84.9 Å². The van der Waals surface area contributed by atoms with Crippen molar-refractivity contribution in [2.24, 2.45) is 0 Å². The molecule has 0 aliphatic rings. The lowest BCUT2D eigenvalue weighted by molar-refractivity contribution is -0.123. The summed E-state index contributed by atoms with van der Waals surface area (Å²) in [4.78, 5) is 13.2. The van der Waals surface area contributed by atoms with E-state index >= 15 is 0 Å². The van der Waals surface area contributed by atoms with Crippen LogP contribution >= 0.6 is 0 Å². The third kappa shape index (κ3) is 5.91. The van der Waals surface area contributed by atoms with Gasteiger partial charge >= 0.3 is 0 Å². The Morgan fingerprint density at radius 1 is 1.03 bits per heavy atom. The smallest absolute Gasteiger partial charge is 0.244 e. The molecule has 0 bridgehead atoms. The van der Waals surface area contributed by atoms with Crippen LogP contribution in [0.15, 0.2) is 42.5 Å². The molecule has 0 aromatic heterocycles. The van der Waals surface area contributed by atoms with Crippen molar-refractivity contribution in [1.82, 2.24) is 5.32 Å². The normalized spacial score (nSPS) is 13.2. The van der Waals surface area contributed by atoms with Gasteiger partial charge in [0.15, 0.2) is 0 Å². The van der Waals surface area contributed by atoms with Crippen molar-refractivity contribution in [3.8, 4) is 11.5 Å². The molecule has 2 aromatic carbocycles. The minimum atomic E-state index is -3.70. The van der Waals surface area contributed by atoms with Crippen LogP contribution in [0.5, 0.6) is 11.5 Å². The molecule has 0 heterocycles. The first-order valence-corrected chi connectivity index (χ1v) is 12.1. The number of anilines is 1. The van der Waals surface area contributed by atoms with Gasteiger partial charge in [0.25, 0.3) is 0 Å². The molecule has 0 unspecified atom stereocenters. The Morgan fingerprint density at radius 3 is 2.13 bits per heavy atom. The molecular formula is C23H32N2O5S. The predicted octanol–water partition coefficient (Wildman–Crippen LogP) is 3.82. The van der Waals surface area contributed by atoms with E-state index in [1.165, 1.54) is 11.4 Å². The molecule has 0 spiro atoms. The van der Waals surface area contributed by atoms with Gasteiger partial charge in [-0.15, -0.1) is 0 Å². The number of benzene rings is 2. The van der Waals surface area contributed by atoms with Gasteiger partial charge in [-0.2, -0.15) is 0 Å². The van der Waals surface area contributed by atoms with Crippen LogP contribution in [0.1, 0.15) is 43.9 Å². The first-order chi connectivity index (χ1) is 14.7. The molecule has 0 saturated heterocycles. The molecular weight excluding hydrogens is 416 g/mol. The van der Waals surface area contributed by atoms with E-state index < -0.39 is 16.1 Å². The van der Waals surface area contributed by atoms with Crippen LogP contribution in [0.3, 0.4) is 0 Å². The number of aryl methyl sites for hydroxylation is 1. The van der Waals surface area contributed by atoms with Crippen molar-refractivity contribution in [3.63, 3.8) is 0 Å². The van der Waals surface area contributed by atoms with Gasteiger partial charge in [-0.1, -0.05) is 26.0 Å². The maximum Gasteiger partial charge on any atom is 0.244 e. The molecule has 2 rings (SSSR count). The number of amides is 1. The Labute approximate surface area is 185 Å². The lowest BCUT2D eigenvalue weighted by Gasteiger charge is -2.31. The number of nitrogens with zero attached hydrogens (tertiary/aromatic N) is 1. The van der Waals surface area contributed by atoms with Gasteiger partial charge in [0.1, 0.15) is 17.5 Å². The fourth-order valence-electron chi connectivity index (χ4n) is 3.60. The summed E-state index contributed by atoms with van der Waals surface area (Å²) >= 11 is 0. The summed E-state index contributed by atoms with van der Waals surface area (Å²) in [5.41, 5.74) is 2.33. The first-order valence-electron chi connectivity index (χ1n) is 10.2. The number of ether oxygens (including phenoxy) is 2. The lowest BCUT2D eigenvalue weighted by Crippen LogP contribution is -2.50. The molecule has 1 N–H and O–H groups in total. The highest BCUT2D eigenvalue weighted by atomic mass is 32.2. The summed E-state index contributed by atoms with van der Waals surface area (Å²) in [5, 5.41) is 3.03. The molecule has 2 atom stereocenters. The minimum absolute atomic E-state index is 0.247. The maximum atomic E-state index is 13.2. The summed E-state index contributed by atoms with van der Waals surface area (Å²) < 4.78 is 36.9. The van der Waals surface area contributed by atoms with Crippen LogP contribution in [0.25, 0.3) is 0 Å². The molecule has 0 saturated carbocycles. The lowest BCUT2D eigenvalue weighted by atomic mass is 10.0. The predicted molar refractivity (Wildman–Crippen MR) is 123 cm³/mol. The fourth-order valence-corrected chi connectivity index (χ4v) is 4.81. The van der Waals surface area contributed by atoms with Crippen molar-refractivity contribution in [3.05, 3.63) is 53.6 Å². The summed E-state index contributed by atoms with van der Waals surface area (Å²) in [6.07, 6.45) is 2.09. The highest BCUT2D eigenvalue weighted by Gasteiger charge is 2.32. The second kappa shape index (κ2) is 10.5. The molecule has 31 heavy (non-hydrogen) atoms. The van der Waals surface area contributed by atoms with Crippen LogP contribution in [-0.2, 0) is 14.8 Å². The Balaban J connectivity index is 2.34. The fraction of sp³-hybridized carbons (Fsp3) is 0.435. The van der Waals surface area contributed by atoms with E-state index in [0.29, 0.717) is 24.3 Å².